The number of carbonyl (C=O) groups excluding carboxylic acids is 3. The second kappa shape index (κ2) is 9.71. The van der Waals surface area contributed by atoms with Gasteiger partial charge in [0.25, 0.3) is 5.69 Å². The largest absolute Gasteiger partial charge is 0.462 e. The van der Waals surface area contributed by atoms with Crippen molar-refractivity contribution in [1.82, 2.24) is 0 Å². The molecule has 0 saturated heterocycles. The average molecular weight is 328 g/mol. The van der Waals surface area contributed by atoms with E-state index in [0.29, 0.717) is 17.9 Å². The summed E-state index contributed by atoms with van der Waals surface area (Å²) in [6.45, 7) is 4.11. The Balaban J connectivity index is 0.000000891. The molecule has 0 radical (unpaired) electrons. The van der Waals surface area contributed by atoms with Gasteiger partial charge in [0.2, 0.25) is 6.21 Å². The molecule has 0 unspecified atom stereocenters. The maximum Gasteiger partial charge on any atom is 0.373 e. The van der Waals surface area contributed by atoms with E-state index >= 15 is 0 Å². The molecule has 124 valence electrons. The Morgan fingerprint density at radius 3 is 2.17 bits per heavy atom. The summed E-state index contributed by atoms with van der Waals surface area (Å²) in [5, 5.41) is 10.0. The van der Waals surface area contributed by atoms with Crippen molar-refractivity contribution in [2.75, 3.05) is 6.61 Å². The van der Waals surface area contributed by atoms with Crippen LogP contribution < -0.4 is 0 Å². The van der Waals surface area contributed by atoms with Gasteiger partial charge >= 0.3 is 12.1 Å². The number of hydrogen-bond donors (Lipinski definition) is 1. The molecule has 0 aliphatic heterocycles. The van der Waals surface area contributed by atoms with E-state index in [1.165, 1.54) is 0 Å². The molecule has 0 saturated carbocycles. The fourth-order valence-corrected chi connectivity index (χ4v) is 1.83. The zero-order valence-electron chi connectivity index (χ0n) is 13.4. The Morgan fingerprint density at radius 2 is 1.67 bits per heavy atom. The third-order valence-corrected chi connectivity index (χ3v) is 2.99. The Hall–Kier alpha value is -3.24. The Labute approximate surface area is 139 Å². The lowest BCUT2D eigenvalue weighted by Gasteiger charge is -2.00. The number of ether oxygens (including phenoxy) is 1. The highest BCUT2D eigenvalue weighted by Gasteiger charge is 2.11. The molecular formula is C18H18NO5+. The third-order valence-electron chi connectivity index (χ3n) is 2.99. The van der Waals surface area contributed by atoms with Gasteiger partial charge in [-0.15, -0.1) is 0 Å². The molecule has 0 atom stereocenters. The third kappa shape index (κ3) is 5.87. The van der Waals surface area contributed by atoms with Crippen molar-refractivity contribution in [2.24, 2.45) is 0 Å². The van der Waals surface area contributed by atoms with Gasteiger partial charge in [-0.3, -0.25) is 5.21 Å². The number of carbonyl (C=O) groups is 1. The van der Waals surface area contributed by atoms with Gasteiger partial charge in [0, 0.05) is 22.4 Å². The summed E-state index contributed by atoms with van der Waals surface area (Å²) in [4.78, 5) is 27.8. The standard InChI is InChI=1S/C17H18NO3.CO2/c1-3-21-17(19)15-8-10-16(11-9-15)18(20)12-14-6-4-13(2)5-7-14;2-1-3/h4-12,20H,3H2,1-2H3;/q+1;/b18-12-;. The van der Waals surface area contributed by atoms with Gasteiger partial charge in [-0.25, -0.2) is 4.79 Å². The summed E-state index contributed by atoms with van der Waals surface area (Å²) in [5.74, 6) is -0.365. The van der Waals surface area contributed by atoms with Crippen molar-refractivity contribution < 1.29 is 29.1 Å². The maximum atomic E-state index is 11.5. The van der Waals surface area contributed by atoms with Crippen LogP contribution in [0.15, 0.2) is 48.5 Å². The van der Waals surface area contributed by atoms with Crippen LogP contribution >= 0.6 is 0 Å². The van der Waals surface area contributed by atoms with Gasteiger partial charge in [0.05, 0.1) is 12.2 Å². The van der Waals surface area contributed by atoms with E-state index in [9.17, 15) is 10.0 Å². The lowest BCUT2D eigenvalue weighted by atomic mass is 10.2. The first-order valence-corrected chi connectivity index (χ1v) is 7.18. The quantitative estimate of drug-likeness (QED) is 0.307. The van der Waals surface area contributed by atoms with E-state index in [0.717, 1.165) is 15.9 Å². The number of esters is 1. The van der Waals surface area contributed by atoms with E-state index < -0.39 is 0 Å². The highest BCUT2D eigenvalue weighted by molar-refractivity contribution is 5.89. The van der Waals surface area contributed by atoms with Crippen molar-refractivity contribution in [1.29, 1.82) is 0 Å². The first-order chi connectivity index (χ1) is 11.5. The van der Waals surface area contributed by atoms with Crippen molar-refractivity contribution in [3.63, 3.8) is 0 Å². The first-order valence-electron chi connectivity index (χ1n) is 7.18. The summed E-state index contributed by atoms with van der Waals surface area (Å²) in [6.07, 6.45) is 1.86. The minimum atomic E-state index is -0.365. The zero-order chi connectivity index (χ0) is 17.9. The Morgan fingerprint density at radius 1 is 1.12 bits per heavy atom. The van der Waals surface area contributed by atoms with Crippen LogP contribution in [0.1, 0.15) is 28.4 Å². The molecule has 6 nitrogen and oxygen atoms in total. The highest BCUT2D eigenvalue weighted by Crippen LogP contribution is 2.13. The van der Waals surface area contributed by atoms with Crippen LogP contribution in [0.25, 0.3) is 0 Å². The Kier molecular flexibility index (Phi) is 7.61. The second-order valence-electron chi connectivity index (χ2n) is 4.74. The molecule has 6 heteroatoms. The van der Waals surface area contributed by atoms with Crippen LogP contribution in [-0.4, -0.2) is 34.9 Å². The zero-order valence-corrected chi connectivity index (χ0v) is 13.4. The second-order valence-corrected chi connectivity index (χ2v) is 4.74. The molecule has 0 amide bonds. The van der Waals surface area contributed by atoms with Crippen molar-refractivity contribution in [3.8, 4) is 0 Å². The summed E-state index contributed by atoms with van der Waals surface area (Å²) in [5.41, 5.74) is 3.08. The minimum Gasteiger partial charge on any atom is -0.462 e. The molecule has 1 N–H and O–H groups in total. The van der Waals surface area contributed by atoms with Crippen molar-refractivity contribution >= 4 is 24.0 Å². The summed E-state index contributed by atoms with van der Waals surface area (Å²) >= 11 is 0. The van der Waals surface area contributed by atoms with Crippen LogP contribution in [0, 0.1) is 6.92 Å². The topological polar surface area (TPSA) is 83.7 Å². The summed E-state index contributed by atoms with van der Waals surface area (Å²) in [7, 11) is 0. The Bertz CT molecular complexity index is 727. The van der Waals surface area contributed by atoms with Gasteiger partial charge < -0.3 is 4.74 Å². The number of benzene rings is 2. The SMILES string of the molecule is CCOC(=O)c1ccc(/[N+](O)=C/c2ccc(C)cc2)cc1.O=C=O. The van der Waals surface area contributed by atoms with Crippen molar-refractivity contribution in [2.45, 2.75) is 13.8 Å². The maximum absolute atomic E-state index is 11.5. The molecule has 0 aromatic heterocycles. The molecule has 0 bridgehead atoms. The minimum absolute atomic E-state index is 0.250. The lowest BCUT2D eigenvalue weighted by Crippen LogP contribution is -2.05. The smallest absolute Gasteiger partial charge is 0.373 e. The van der Waals surface area contributed by atoms with Gasteiger partial charge in [-0.05, 0) is 38.1 Å². The number of hydrogen-bond acceptors (Lipinski definition) is 5. The average Bonchev–Trinajstić information content (AvgIpc) is 2.58. The summed E-state index contributed by atoms with van der Waals surface area (Å²) < 4.78 is 5.94. The monoisotopic (exact) mass is 328 g/mol. The van der Waals surface area contributed by atoms with Gasteiger partial charge in [0.15, 0.2) is 0 Å². The fourth-order valence-electron chi connectivity index (χ4n) is 1.83. The molecule has 0 aliphatic rings. The van der Waals surface area contributed by atoms with Crippen LogP contribution in [0.2, 0.25) is 0 Å². The predicted molar refractivity (Wildman–Crippen MR) is 85.5 cm³/mol. The number of nitrogens with zero attached hydrogens (tertiary/aromatic N) is 1. The van der Waals surface area contributed by atoms with Crippen LogP contribution in [0.3, 0.4) is 0 Å². The van der Waals surface area contributed by atoms with E-state index in [2.05, 4.69) is 0 Å². The number of rotatable bonds is 4. The molecule has 2 aromatic carbocycles. The fraction of sp³-hybridized carbons (Fsp3) is 0.167. The molecule has 0 spiro atoms. The van der Waals surface area contributed by atoms with E-state index in [-0.39, 0.29) is 12.1 Å². The molecule has 0 heterocycles. The van der Waals surface area contributed by atoms with Crippen LogP contribution in [0.4, 0.5) is 5.69 Å². The molecule has 0 aliphatic carbocycles. The van der Waals surface area contributed by atoms with E-state index in [1.54, 1.807) is 37.4 Å². The van der Waals surface area contributed by atoms with Gasteiger partial charge in [-0.1, -0.05) is 17.7 Å². The summed E-state index contributed by atoms with van der Waals surface area (Å²) in [6, 6.07) is 14.4. The lowest BCUT2D eigenvalue weighted by molar-refractivity contribution is -0.709. The highest BCUT2D eigenvalue weighted by atomic mass is 16.5. The molecule has 24 heavy (non-hydrogen) atoms. The normalized spacial score (nSPS) is 10.2. The van der Waals surface area contributed by atoms with E-state index in [1.807, 2.05) is 31.2 Å². The molecule has 2 rings (SSSR count). The first kappa shape index (κ1) is 18.8. The number of aryl methyl sites for hydroxylation is 1. The molecule has 2 aromatic rings. The van der Waals surface area contributed by atoms with Gasteiger partial charge in [-0.2, -0.15) is 9.59 Å². The molecular weight excluding hydrogens is 310 g/mol. The predicted octanol–water partition coefficient (Wildman–Crippen LogP) is 2.74. The van der Waals surface area contributed by atoms with Crippen molar-refractivity contribution in [3.05, 3.63) is 65.2 Å². The van der Waals surface area contributed by atoms with Gasteiger partial charge in [0.1, 0.15) is 0 Å². The van der Waals surface area contributed by atoms with Crippen LogP contribution in [0.5, 0.6) is 0 Å². The van der Waals surface area contributed by atoms with Crippen LogP contribution in [-0.2, 0) is 14.3 Å². The molecule has 0 fully saturated rings. The van der Waals surface area contributed by atoms with E-state index in [4.69, 9.17) is 14.3 Å².